The fourth-order valence-corrected chi connectivity index (χ4v) is 2.07. The van der Waals surface area contributed by atoms with Crippen LogP contribution >= 0.6 is 0 Å². The summed E-state index contributed by atoms with van der Waals surface area (Å²) in [6, 6.07) is 0. The molecule has 82 valence electrons. The van der Waals surface area contributed by atoms with Crippen molar-refractivity contribution in [2.24, 2.45) is 0 Å². The zero-order chi connectivity index (χ0) is 10.2. The summed E-state index contributed by atoms with van der Waals surface area (Å²) in [5.41, 5.74) is -1.83. The summed E-state index contributed by atoms with van der Waals surface area (Å²) < 4.78 is 35.6. The van der Waals surface area contributed by atoms with Crippen LogP contribution < -0.4 is 0 Å². The summed E-state index contributed by atoms with van der Waals surface area (Å²) in [5.74, 6) is -0.679. The molecule has 0 aromatic carbocycles. The Bertz CT molecular complexity index is 198. The topological polar surface area (TPSA) is 38.7 Å². The van der Waals surface area contributed by atoms with Crippen molar-refractivity contribution in [1.82, 2.24) is 0 Å². The van der Waals surface area contributed by atoms with E-state index in [-0.39, 0.29) is 12.8 Å². The Morgan fingerprint density at radius 3 is 1.93 bits per heavy atom. The highest BCUT2D eigenvalue weighted by Crippen LogP contribution is 2.42. The molecular formula is C9H14F2O3. The maximum absolute atomic E-state index is 12.4. The van der Waals surface area contributed by atoms with Crippen LogP contribution in [-0.2, 0) is 9.47 Å². The molecule has 0 bridgehead atoms. The molecule has 1 heterocycles. The smallest absolute Gasteiger partial charge is 0.266 e. The van der Waals surface area contributed by atoms with Gasteiger partial charge in [0.15, 0.2) is 5.79 Å². The van der Waals surface area contributed by atoms with E-state index in [9.17, 15) is 13.9 Å². The minimum absolute atomic E-state index is 0.0463. The van der Waals surface area contributed by atoms with Crippen LogP contribution in [0, 0.1) is 0 Å². The zero-order valence-electron chi connectivity index (χ0n) is 7.84. The third-order valence-electron chi connectivity index (χ3n) is 3.10. The van der Waals surface area contributed by atoms with Gasteiger partial charge in [-0.25, -0.2) is 8.78 Å². The minimum atomic E-state index is -2.68. The van der Waals surface area contributed by atoms with Gasteiger partial charge in [-0.15, -0.1) is 0 Å². The average molecular weight is 208 g/mol. The van der Waals surface area contributed by atoms with Crippen LogP contribution in [0.3, 0.4) is 0 Å². The summed E-state index contributed by atoms with van der Waals surface area (Å²) in [6.45, 7) is 1.04. The maximum Gasteiger partial charge on any atom is 0.266 e. The van der Waals surface area contributed by atoms with Gasteiger partial charge in [0.05, 0.1) is 13.2 Å². The van der Waals surface area contributed by atoms with E-state index in [2.05, 4.69) is 0 Å². The van der Waals surface area contributed by atoms with Gasteiger partial charge >= 0.3 is 0 Å². The second kappa shape index (κ2) is 3.40. The molecular weight excluding hydrogens is 194 g/mol. The molecule has 1 aliphatic heterocycles. The van der Waals surface area contributed by atoms with E-state index in [0.717, 1.165) is 0 Å². The van der Waals surface area contributed by atoms with Crippen molar-refractivity contribution >= 4 is 0 Å². The molecule has 2 aliphatic rings. The van der Waals surface area contributed by atoms with Crippen molar-refractivity contribution in [2.75, 3.05) is 13.2 Å². The Morgan fingerprint density at radius 1 is 1.00 bits per heavy atom. The first-order chi connectivity index (χ1) is 6.56. The van der Waals surface area contributed by atoms with Crippen molar-refractivity contribution in [3.05, 3.63) is 0 Å². The van der Waals surface area contributed by atoms with Crippen molar-refractivity contribution < 1.29 is 23.4 Å². The molecule has 2 rings (SSSR count). The predicted molar refractivity (Wildman–Crippen MR) is 44.1 cm³/mol. The molecule has 1 N–H and O–H groups in total. The molecule has 0 aromatic rings. The lowest BCUT2D eigenvalue weighted by Gasteiger charge is -2.39. The number of alkyl halides is 2. The zero-order valence-corrected chi connectivity index (χ0v) is 7.84. The van der Waals surface area contributed by atoms with Crippen LogP contribution in [0.2, 0.25) is 0 Å². The quantitative estimate of drug-likeness (QED) is 0.706. The van der Waals surface area contributed by atoms with Crippen LogP contribution in [-0.4, -0.2) is 36.1 Å². The van der Waals surface area contributed by atoms with Crippen molar-refractivity contribution in [3.63, 3.8) is 0 Å². The highest BCUT2D eigenvalue weighted by atomic mass is 19.3. The van der Waals surface area contributed by atoms with Crippen LogP contribution in [0.1, 0.15) is 25.7 Å². The van der Waals surface area contributed by atoms with Crippen LogP contribution in [0.15, 0.2) is 0 Å². The monoisotopic (exact) mass is 208 g/mol. The number of hydrogen-bond donors (Lipinski definition) is 1. The van der Waals surface area contributed by atoms with Gasteiger partial charge in [0, 0.05) is 12.8 Å². The molecule has 0 radical (unpaired) electrons. The van der Waals surface area contributed by atoms with E-state index in [1.807, 2.05) is 0 Å². The SMILES string of the molecule is OC1(C(F)F)CCC2(CC1)OCCO2. The standard InChI is InChI=1S/C9H14F2O3/c10-7(11)8(12)1-3-9(4-2-8)13-5-6-14-9/h7,12H,1-6H2. The second-order valence-corrected chi connectivity index (χ2v) is 4.01. The highest BCUT2D eigenvalue weighted by Gasteiger charge is 2.49. The van der Waals surface area contributed by atoms with E-state index in [1.165, 1.54) is 0 Å². The summed E-state index contributed by atoms with van der Waals surface area (Å²) in [4.78, 5) is 0. The Labute approximate surface area is 81.0 Å². The van der Waals surface area contributed by atoms with Gasteiger partial charge in [0.25, 0.3) is 6.43 Å². The summed E-state index contributed by atoms with van der Waals surface area (Å²) in [7, 11) is 0. The van der Waals surface area contributed by atoms with E-state index < -0.39 is 17.8 Å². The minimum Gasteiger partial charge on any atom is -0.384 e. The Balaban J connectivity index is 1.97. The number of ether oxygens (including phenoxy) is 2. The first-order valence-electron chi connectivity index (χ1n) is 4.85. The van der Waals surface area contributed by atoms with Crippen molar-refractivity contribution in [1.29, 1.82) is 0 Å². The third-order valence-corrected chi connectivity index (χ3v) is 3.10. The fourth-order valence-electron chi connectivity index (χ4n) is 2.07. The van der Waals surface area contributed by atoms with Crippen molar-refractivity contribution in [2.45, 2.75) is 43.5 Å². The van der Waals surface area contributed by atoms with Gasteiger partial charge in [-0.1, -0.05) is 0 Å². The third kappa shape index (κ3) is 1.64. The first kappa shape index (κ1) is 10.3. The Hall–Kier alpha value is -0.260. The molecule has 1 aliphatic carbocycles. The predicted octanol–water partition coefficient (Wildman–Crippen LogP) is 1.30. The van der Waals surface area contributed by atoms with Crippen LogP contribution in [0.5, 0.6) is 0 Å². The van der Waals surface area contributed by atoms with Gasteiger partial charge in [-0.3, -0.25) is 0 Å². The highest BCUT2D eigenvalue weighted by molar-refractivity contribution is 4.92. The van der Waals surface area contributed by atoms with E-state index in [0.29, 0.717) is 26.1 Å². The Kier molecular flexibility index (Phi) is 2.49. The second-order valence-electron chi connectivity index (χ2n) is 4.01. The summed E-state index contributed by atoms with van der Waals surface area (Å²) in [5, 5.41) is 9.53. The molecule has 5 heteroatoms. The molecule has 2 fully saturated rings. The summed E-state index contributed by atoms with van der Waals surface area (Å²) in [6.07, 6.45) is -1.88. The van der Waals surface area contributed by atoms with Gasteiger partial charge in [0.1, 0.15) is 5.60 Å². The lowest BCUT2D eigenvalue weighted by molar-refractivity contribution is -0.221. The molecule has 0 atom stereocenters. The van der Waals surface area contributed by atoms with Gasteiger partial charge in [-0.05, 0) is 12.8 Å². The number of halogens is 2. The van der Waals surface area contributed by atoms with Crippen LogP contribution in [0.4, 0.5) is 8.78 Å². The van der Waals surface area contributed by atoms with Gasteiger partial charge in [0.2, 0.25) is 0 Å². The molecule has 1 spiro atoms. The lowest BCUT2D eigenvalue weighted by Crippen LogP contribution is -2.47. The number of hydrogen-bond acceptors (Lipinski definition) is 3. The molecule has 1 saturated heterocycles. The van der Waals surface area contributed by atoms with Crippen molar-refractivity contribution in [3.8, 4) is 0 Å². The van der Waals surface area contributed by atoms with Crippen LogP contribution in [0.25, 0.3) is 0 Å². The summed E-state index contributed by atoms with van der Waals surface area (Å²) >= 11 is 0. The van der Waals surface area contributed by atoms with Gasteiger partial charge in [-0.2, -0.15) is 0 Å². The van der Waals surface area contributed by atoms with Gasteiger partial charge < -0.3 is 14.6 Å². The van der Waals surface area contributed by atoms with E-state index >= 15 is 0 Å². The Morgan fingerprint density at radius 2 is 1.50 bits per heavy atom. The largest absolute Gasteiger partial charge is 0.384 e. The lowest BCUT2D eigenvalue weighted by atomic mass is 9.81. The molecule has 1 saturated carbocycles. The molecule has 0 unspecified atom stereocenters. The molecule has 0 aromatic heterocycles. The van der Waals surface area contributed by atoms with E-state index in [4.69, 9.17) is 9.47 Å². The fraction of sp³-hybridized carbons (Fsp3) is 1.00. The molecule has 0 amide bonds. The number of rotatable bonds is 1. The first-order valence-corrected chi connectivity index (χ1v) is 4.85. The molecule has 14 heavy (non-hydrogen) atoms. The molecule has 3 nitrogen and oxygen atoms in total. The number of aliphatic hydroxyl groups is 1. The average Bonchev–Trinajstić information content (AvgIpc) is 2.60. The maximum atomic E-state index is 12.4. The van der Waals surface area contributed by atoms with E-state index in [1.54, 1.807) is 0 Å². The normalized spacial score (nSPS) is 30.0.